The van der Waals surface area contributed by atoms with Gasteiger partial charge in [0, 0.05) is 16.1 Å². The molecule has 0 saturated heterocycles. The van der Waals surface area contributed by atoms with E-state index in [1.807, 2.05) is 32.0 Å². The Morgan fingerprint density at radius 3 is 2.52 bits per heavy atom. The predicted octanol–water partition coefficient (Wildman–Crippen LogP) is 5.33. The SMILES string of the molecule is CCNC(Cc1ccc(Cl)cc1F)c1ccc(C)c(Cl)c1. The van der Waals surface area contributed by atoms with E-state index < -0.39 is 0 Å². The lowest BCUT2D eigenvalue weighted by molar-refractivity contribution is 0.528. The second-order valence-corrected chi connectivity index (χ2v) is 5.90. The van der Waals surface area contributed by atoms with Crippen LogP contribution in [0.3, 0.4) is 0 Å². The lowest BCUT2D eigenvalue weighted by Crippen LogP contribution is -2.23. The Kier molecular flexibility index (Phi) is 5.63. The second-order valence-electron chi connectivity index (χ2n) is 5.06. The third kappa shape index (κ3) is 4.19. The van der Waals surface area contributed by atoms with Gasteiger partial charge in [0.1, 0.15) is 5.82 Å². The summed E-state index contributed by atoms with van der Waals surface area (Å²) in [6, 6.07) is 10.8. The van der Waals surface area contributed by atoms with Crippen LogP contribution in [0.1, 0.15) is 29.7 Å². The molecule has 0 aromatic heterocycles. The first kappa shape index (κ1) is 16.3. The van der Waals surface area contributed by atoms with Crippen molar-refractivity contribution in [2.75, 3.05) is 6.54 Å². The van der Waals surface area contributed by atoms with Gasteiger partial charge in [0.2, 0.25) is 0 Å². The van der Waals surface area contributed by atoms with Crippen LogP contribution in [0.15, 0.2) is 36.4 Å². The minimum absolute atomic E-state index is 0.0174. The highest BCUT2D eigenvalue weighted by Crippen LogP contribution is 2.25. The maximum absolute atomic E-state index is 14.0. The largest absolute Gasteiger partial charge is 0.310 e. The van der Waals surface area contributed by atoms with E-state index in [0.717, 1.165) is 22.7 Å². The molecule has 0 aliphatic carbocycles. The van der Waals surface area contributed by atoms with Crippen LogP contribution >= 0.6 is 23.2 Å². The highest BCUT2D eigenvalue weighted by atomic mass is 35.5. The lowest BCUT2D eigenvalue weighted by Gasteiger charge is -2.19. The first-order valence-electron chi connectivity index (χ1n) is 6.94. The molecule has 0 aliphatic heterocycles. The summed E-state index contributed by atoms with van der Waals surface area (Å²) in [7, 11) is 0. The molecule has 1 N–H and O–H groups in total. The molecule has 2 aromatic carbocycles. The van der Waals surface area contributed by atoms with Crippen LogP contribution in [0.5, 0.6) is 0 Å². The average Bonchev–Trinajstić information content (AvgIpc) is 2.44. The smallest absolute Gasteiger partial charge is 0.127 e. The molecule has 0 bridgehead atoms. The number of likely N-dealkylation sites (N-methyl/N-ethyl adjacent to an activating group) is 1. The van der Waals surface area contributed by atoms with E-state index in [4.69, 9.17) is 23.2 Å². The van der Waals surface area contributed by atoms with Gasteiger partial charge in [-0.1, -0.05) is 48.3 Å². The third-order valence-corrected chi connectivity index (χ3v) is 4.13. The van der Waals surface area contributed by atoms with E-state index >= 15 is 0 Å². The van der Waals surface area contributed by atoms with E-state index in [1.165, 1.54) is 6.07 Å². The molecular weight excluding hydrogens is 308 g/mol. The molecule has 0 spiro atoms. The maximum atomic E-state index is 14.0. The standard InChI is InChI=1S/C17H18Cl2FN/c1-3-21-17(13-5-4-11(2)15(19)8-13)9-12-6-7-14(18)10-16(12)20/h4-8,10,17,21H,3,9H2,1-2H3. The van der Waals surface area contributed by atoms with Crippen LogP contribution in [0.4, 0.5) is 4.39 Å². The van der Waals surface area contributed by atoms with Gasteiger partial charge in [-0.05, 0) is 54.8 Å². The Labute approximate surface area is 135 Å². The van der Waals surface area contributed by atoms with Crippen molar-refractivity contribution in [2.24, 2.45) is 0 Å². The van der Waals surface area contributed by atoms with Crippen LogP contribution in [0.25, 0.3) is 0 Å². The van der Waals surface area contributed by atoms with Gasteiger partial charge in [-0.15, -0.1) is 0 Å². The Hall–Kier alpha value is -1.09. The summed E-state index contributed by atoms with van der Waals surface area (Å²) in [4.78, 5) is 0. The zero-order valence-corrected chi connectivity index (χ0v) is 13.6. The highest BCUT2D eigenvalue weighted by Gasteiger charge is 2.15. The van der Waals surface area contributed by atoms with Gasteiger partial charge < -0.3 is 5.32 Å². The number of hydrogen-bond donors (Lipinski definition) is 1. The van der Waals surface area contributed by atoms with Crippen LogP contribution in [-0.2, 0) is 6.42 Å². The summed E-state index contributed by atoms with van der Waals surface area (Å²) in [5, 5.41) is 4.52. The molecule has 1 nitrogen and oxygen atoms in total. The fraction of sp³-hybridized carbons (Fsp3) is 0.294. The van der Waals surface area contributed by atoms with Crippen molar-refractivity contribution in [3.63, 3.8) is 0 Å². The molecule has 0 radical (unpaired) electrons. The Bertz CT molecular complexity index is 628. The van der Waals surface area contributed by atoms with Crippen LogP contribution in [-0.4, -0.2) is 6.54 Å². The number of hydrogen-bond acceptors (Lipinski definition) is 1. The summed E-state index contributed by atoms with van der Waals surface area (Å²) in [5.74, 6) is -0.274. The molecule has 0 saturated carbocycles. The van der Waals surface area contributed by atoms with Gasteiger partial charge in [0.05, 0.1) is 0 Å². The van der Waals surface area contributed by atoms with Gasteiger partial charge in [0.15, 0.2) is 0 Å². The lowest BCUT2D eigenvalue weighted by atomic mass is 9.97. The number of aryl methyl sites for hydroxylation is 1. The molecule has 0 fully saturated rings. The first-order chi connectivity index (χ1) is 10.0. The van der Waals surface area contributed by atoms with Crippen molar-refractivity contribution < 1.29 is 4.39 Å². The van der Waals surface area contributed by atoms with Gasteiger partial charge in [-0.2, -0.15) is 0 Å². The van der Waals surface area contributed by atoms with Crippen molar-refractivity contribution >= 4 is 23.2 Å². The second kappa shape index (κ2) is 7.26. The predicted molar refractivity (Wildman–Crippen MR) is 87.7 cm³/mol. The zero-order chi connectivity index (χ0) is 15.4. The fourth-order valence-corrected chi connectivity index (χ4v) is 2.64. The van der Waals surface area contributed by atoms with Crippen molar-refractivity contribution in [1.82, 2.24) is 5.32 Å². The van der Waals surface area contributed by atoms with E-state index in [9.17, 15) is 4.39 Å². The number of nitrogens with one attached hydrogen (secondary N) is 1. The van der Waals surface area contributed by atoms with Gasteiger partial charge in [-0.3, -0.25) is 0 Å². The molecule has 0 aliphatic rings. The fourth-order valence-electron chi connectivity index (χ4n) is 2.29. The molecule has 0 heterocycles. The molecule has 112 valence electrons. The van der Waals surface area contributed by atoms with E-state index in [0.29, 0.717) is 17.0 Å². The molecule has 2 rings (SSSR count). The van der Waals surface area contributed by atoms with E-state index in [1.54, 1.807) is 12.1 Å². The number of halogens is 3. The Morgan fingerprint density at radius 1 is 1.14 bits per heavy atom. The molecule has 0 amide bonds. The molecular formula is C17H18Cl2FN. The topological polar surface area (TPSA) is 12.0 Å². The van der Waals surface area contributed by atoms with Crippen molar-refractivity contribution in [3.8, 4) is 0 Å². The summed E-state index contributed by atoms with van der Waals surface area (Å²) in [5.41, 5.74) is 2.73. The average molecular weight is 326 g/mol. The molecule has 4 heteroatoms. The molecule has 2 aromatic rings. The molecule has 21 heavy (non-hydrogen) atoms. The van der Waals surface area contributed by atoms with Gasteiger partial charge in [0.25, 0.3) is 0 Å². The minimum atomic E-state index is -0.274. The van der Waals surface area contributed by atoms with Crippen LogP contribution in [0.2, 0.25) is 10.0 Å². The van der Waals surface area contributed by atoms with Crippen LogP contribution in [0, 0.1) is 12.7 Å². The van der Waals surface area contributed by atoms with Crippen molar-refractivity contribution in [2.45, 2.75) is 26.3 Å². The van der Waals surface area contributed by atoms with Crippen molar-refractivity contribution in [3.05, 3.63) is 69.0 Å². The maximum Gasteiger partial charge on any atom is 0.127 e. The van der Waals surface area contributed by atoms with Gasteiger partial charge in [-0.25, -0.2) is 4.39 Å². The highest BCUT2D eigenvalue weighted by molar-refractivity contribution is 6.31. The normalized spacial score (nSPS) is 12.4. The summed E-state index contributed by atoms with van der Waals surface area (Å²) < 4.78 is 14.0. The number of benzene rings is 2. The Morgan fingerprint density at radius 2 is 1.90 bits per heavy atom. The summed E-state index contributed by atoms with van der Waals surface area (Å²) in [6.45, 7) is 4.79. The molecule has 1 atom stereocenters. The Balaban J connectivity index is 2.28. The minimum Gasteiger partial charge on any atom is -0.310 e. The first-order valence-corrected chi connectivity index (χ1v) is 7.70. The van der Waals surface area contributed by atoms with E-state index in [2.05, 4.69) is 5.32 Å². The monoisotopic (exact) mass is 325 g/mol. The van der Waals surface area contributed by atoms with Crippen LogP contribution < -0.4 is 5.32 Å². The van der Waals surface area contributed by atoms with E-state index in [-0.39, 0.29) is 11.9 Å². The third-order valence-electron chi connectivity index (χ3n) is 3.49. The summed E-state index contributed by atoms with van der Waals surface area (Å²) in [6.07, 6.45) is 0.552. The van der Waals surface area contributed by atoms with Gasteiger partial charge >= 0.3 is 0 Å². The number of rotatable bonds is 5. The van der Waals surface area contributed by atoms with Crippen molar-refractivity contribution in [1.29, 1.82) is 0 Å². The zero-order valence-electron chi connectivity index (χ0n) is 12.1. The molecule has 1 unspecified atom stereocenters. The summed E-state index contributed by atoms with van der Waals surface area (Å²) >= 11 is 12.0. The quantitative estimate of drug-likeness (QED) is 0.782.